The van der Waals surface area contributed by atoms with Crippen LogP contribution in [0.1, 0.15) is 5.56 Å². The summed E-state index contributed by atoms with van der Waals surface area (Å²) in [5, 5.41) is 11.9. The highest BCUT2D eigenvalue weighted by molar-refractivity contribution is 5.84. The highest BCUT2D eigenvalue weighted by Crippen LogP contribution is 2.04. The number of nitrogens with zero attached hydrogens (tertiary/aromatic N) is 2. The van der Waals surface area contributed by atoms with Crippen molar-refractivity contribution in [3.63, 3.8) is 0 Å². The fourth-order valence-corrected chi connectivity index (χ4v) is 1.41. The van der Waals surface area contributed by atoms with E-state index < -0.39 is 18.0 Å². The number of pyridine rings is 1. The standard InChI is InChI=1S/C11H15N3O4/c1-14(18-2)10(15)9(13-11(16)17)7-8-3-5-12-6-4-8/h3-6,9,13H,7H2,1-2H3,(H,16,17)/t9-/m1/s1. The minimum atomic E-state index is -1.26. The molecule has 7 nitrogen and oxygen atoms in total. The van der Waals surface area contributed by atoms with Gasteiger partial charge in [-0.25, -0.2) is 9.86 Å². The molecule has 0 saturated carbocycles. The molecule has 0 aliphatic rings. The SMILES string of the molecule is CON(C)C(=O)[C@@H](Cc1ccncc1)NC(=O)O. The third-order valence-corrected chi connectivity index (χ3v) is 2.37. The number of likely N-dealkylation sites (N-methyl/N-ethyl adjacent to an activating group) is 1. The summed E-state index contributed by atoms with van der Waals surface area (Å²) in [7, 11) is 2.76. The van der Waals surface area contributed by atoms with Crippen molar-refractivity contribution in [1.82, 2.24) is 15.4 Å². The van der Waals surface area contributed by atoms with Crippen LogP contribution in [-0.4, -0.2) is 47.4 Å². The van der Waals surface area contributed by atoms with Crippen LogP contribution in [0.5, 0.6) is 0 Å². The number of aromatic nitrogens is 1. The Labute approximate surface area is 104 Å². The van der Waals surface area contributed by atoms with Crippen molar-refractivity contribution in [3.05, 3.63) is 30.1 Å². The lowest BCUT2D eigenvalue weighted by atomic mass is 10.1. The predicted molar refractivity (Wildman–Crippen MR) is 62.7 cm³/mol. The lowest BCUT2D eigenvalue weighted by Gasteiger charge is -2.21. The molecule has 98 valence electrons. The average molecular weight is 253 g/mol. The van der Waals surface area contributed by atoms with E-state index in [4.69, 9.17) is 9.94 Å². The number of carbonyl (C=O) groups is 2. The summed E-state index contributed by atoms with van der Waals surface area (Å²) in [6.45, 7) is 0. The zero-order chi connectivity index (χ0) is 13.5. The molecule has 1 aromatic heterocycles. The normalized spacial score (nSPS) is 11.7. The molecule has 1 atom stereocenters. The number of nitrogens with one attached hydrogen (secondary N) is 1. The van der Waals surface area contributed by atoms with Crippen LogP contribution in [0.15, 0.2) is 24.5 Å². The lowest BCUT2D eigenvalue weighted by molar-refractivity contribution is -0.170. The first-order valence-electron chi connectivity index (χ1n) is 5.24. The van der Waals surface area contributed by atoms with Crippen LogP contribution in [0, 0.1) is 0 Å². The third-order valence-electron chi connectivity index (χ3n) is 2.37. The van der Waals surface area contributed by atoms with Crippen LogP contribution < -0.4 is 5.32 Å². The first-order chi connectivity index (χ1) is 8.54. The highest BCUT2D eigenvalue weighted by atomic mass is 16.7. The molecule has 0 fully saturated rings. The second kappa shape index (κ2) is 6.55. The van der Waals surface area contributed by atoms with Gasteiger partial charge >= 0.3 is 6.09 Å². The summed E-state index contributed by atoms with van der Waals surface area (Å²) in [6, 6.07) is 2.54. The van der Waals surface area contributed by atoms with Crippen molar-refractivity contribution in [2.45, 2.75) is 12.5 Å². The number of rotatable bonds is 5. The molecular weight excluding hydrogens is 238 g/mol. The third kappa shape index (κ3) is 4.02. The van der Waals surface area contributed by atoms with Crippen molar-refractivity contribution >= 4 is 12.0 Å². The van der Waals surface area contributed by atoms with Crippen LogP contribution in [0.25, 0.3) is 0 Å². The van der Waals surface area contributed by atoms with Crippen LogP contribution in [-0.2, 0) is 16.1 Å². The van der Waals surface area contributed by atoms with Gasteiger partial charge in [0.15, 0.2) is 0 Å². The Morgan fingerprint density at radius 3 is 2.61 bits per heavy atom. The molecule has 2 amide bonds. The van der Waals surface area contributed by atoms with Gasteiger partial charge < -0.3 is 10.4 Å². The maximum Gasteiger partial charge on any atom is 0.405 e. The minimum Gasteiger partial charge on any atom is -0.465 e. The lowest BCUT2D eigenvalue weighted by Crippen LogP contribution is -2.47. The summed E-state index contributed by atoms with van der Waals surface area (Å²) in [5.41, 5.74) is 0.807. The van der Waals surface area contributed by atoms with Gasteiger partial charge in [0.05, 0.1) is 7.11 Å². The van der Waals surface area contributed by atoms with Gasteiger partial charge in [0.25, 0.3) is 5.91 Å². The van der Waals surface area contributed by atoms with Gasteiger partial charge in [-0.3, -0.25) is 14.6 Å². The van der Waals surface area contributed by atoms with Crippen LogP contribution in [0.3, 0.4) is 0 Å². The van der Waals surface area contributed by atoms with E-state index in [2.05, 4.69) is 10.3 Å². The monoisotopic (exact) mass is 253 g/mol. The molecule has 0 saturated heterocycles. The molecule has 0 aromatic carbocycles. The van der Waals surface area contributed by atoms with Crippen LogP contribution >= 0.6 is 0 Å². The molecule has 0 spiro atoms. The summed E-state index contributed by atoms with van der Waals surface area (Å²) in [6.07, 6.45) is 2.14. The number of hydrogen-bond acceptors (Lipinski definition) is 4. The van der Waals surface area contributed by atoms with Gasteiger partial charge in [-0.1, -0.05) is 0 Å². The van der Waals surface area contributed by atoms with E-state index in [1.165, 1.54) is 14.2 Å². The molecule has 7 heteroatoms. The van der Waals surface area contributed by atoms with E-state index in [-0.39, 0.29) is 6.42 Å². The molecule has 2 N–H and O–H groups in total. The van der Waals surface area contributed by atoms with Gasteiger partial charge in [-0.2, -0.15) is 0 Å². The molecule has 0 aliphatic carbocycles. The Hall–Kier alpha value is -2.15. The fourth-order valence-electron chi connectivity index (χ4n) is 1.41. The molecule has 0 unspecified atom stereocenters. The maximum absolute atomic E-state index is 11.9. The van der Waals surface area contributed by atoms with Crippen molar-refractivity contribution in [3.8, 4) is 0 Å². The summed E-state index contributed by atoms with van der Waals surface area (Å²) in [5.74, 6) is -0.461. The van der Waals surface area contributed by atoms with Crippen LogP contribution in [0.4, 0.5) is 4.79 Å². The predicted octanol–water partition coefficient (Wildman–Crippen LogP) is 0.280. The summed E-state index contributed by atoms with van der Waals surface area (Å²) in [4.78, 5) is 31.2. The number of carbonyl (C=O) groups excluding carboxylic acids is 1. The Morgan fingerprint density at radius 2 is 2.11 bits per heavy atom. The molecule has 1 heterocycles. The molecular formula is C11H15N3O4. The van der Waals surface area contributed by atoms with Gasteiger partial charge in [-0.05, 0) is 17.7 Å². The minimum absolute atomic E-state index is 0.237. The molecule has 1 rings (SSSR count). The van der Waals surface area contributed by atoms with Crippen molar-refractivity contribution in [1.29, 1.82) is 0 Å². The smallest absolute Gasteiger partial charge is 0.405 e. The van der Waals surface area contributed by atoms with E-state index in [0.717, 1.165) is 10.6 Å². The van der Waals surface area contributed by atoms with Gasteiger partial charge in [0, 0.05) is 25.9 Å². The summed E-state index contributed by atoms with van der Waals surface area (Å²) >= 11 is 0. The number of hydroxylamine groups is 2. The number of carboxylic acid groups (broad SMARTS) is 1. The zero-order valence-corrected chi connectivity index (χ0v) is 10.2. The van der Waals surface area contributed by atoms with E-state index >= 15 is 0 Å². The molecule has 0 aliphatic heterocycles. The second-order valence-electron chi connectivity index (χ2n) is 3.58. The van der Waals surface area contributed by atoms with Gasteiger partial charge in [-0.15, -0.1) is 0 Å². The van der Waals surface area contributed by atoms with Crippen molar-refractivity contribution < 1.29 is 19.5 Å². The number of hydrogen-bond donors (Lipinski definition) is 2. The Morgan fingerprint density at radius 1 is 1.50 bits per heavy atom. The first kappa shape index (κ1) is 13.9. The molecule has 18 heavy (non-hydrogen) atoms. The van der Waals surface area contributed by atoms with Crippen LogP contribution in [0.2, 0.25) is 0 Å². The van der Waals surface area contributed by atoms with E-state index in [9.17, 15) is 9.59 Å². The maximum atomic E-state index is 11.9. The fraction of sp³-hybridized carbons (Fsp3) is 0.364. The van der Waals surface area contributed by atoms with Gasteiger partial charge in [0.1, 0.15) is 6.04 Å². The number of amides is 2. The highest BCUT2D eigenvalue weighted by Gasteiger charge is 2.24. The largest absolute Gasteiger partial charge is 0.465 e. The van der Waals surface area contributed by atoms with E-state index in [0.29, 0.717) is 0 Å². The topological polar surface area (TPSA) is 91.8 Å². The van der Waals surface area contributed by atoms with Crippen molar-refractivity contribution in [2.75, 3.05) is 14.2 Å². The van der Waals surface area contributed by atoms with Gasteiger partial charge in [0.2, 0.25) is 0 Å². The summed E-state index contributed by atoms with van der Waals surface area (Å²) < 4.78 is 0. The van der Waals surface area contributed by atoms with Crippen molar-refractivity contribution in [2.24, 2.45) is 0 Å². The van der Waals surface area contributed by atoms with E-state index in [1.54, 1.807) is 24.5 Å². The average Bonchev–Trinajstić information content (AvgIpc) is 2.37. The molecule has 1 aromatic rings. The Balaban J connectivity index is 2.78. The zero-order valence-electron chi connectivity index (χ0n) is 10.2. The van der Waals surface area contributed by atoms with E-state index in [1.807, 2.05) is 0 Å². The quantitative estimate of drug-likeness (QED) is 0.735. The Kier molecular flexibility index (Phi) is 5.06. The second-order valence-corrected chi connectivity index (χ2v) is 3.58. The molecule has 0 radical (unpaired) electrons. The molecule has 0 bridgehead atoms. The first-order valence-corrected chi connectivity index (χ1v) is 5.24. The Bertz CT molecular complexity index is 410.